The number of benzene rings is 1. The van der Waals surface area contributed by atoms with Gasteiger partial charge in [0.05, 0.1) is 6.61 Å². The van der Waals surface area contributed by atoms with Crippen LogP contribution in [0.4, 0.5) is 0 Å². The van der Waals surface area contributed by atoms with Gasteiger partial charge in [0.15, 0.2) is 0 Å². The largest absolute Gasteiger partial charge is 0.508 e. The minimum absolute atomic E-state index is 0.228. The van der Waals surface area contributed by atoms with E-state index in [1.807, 2.05) is 24.3 Å². The van der Waals surface area contributed by atoms with Crippen molar-refractivity contribution in [3.63, 3.8) is 0 Å². The number of aromatic hydroxyl groups is 1. The number of carbonyl (C=O) groups is 1. The molecule has 1 aromatic rings. The van der Waals surface area contributed by atoms with Gasteiger partial charge in [0.25, 0.3) is 0 Å². The molecule has 1 N–H and O–H groups in total. The van der Waals surface area contributed by atoms with Crippen LogP contribution in [0.3, 0.4) is 0 Å². The first-order chi connectivity index (χ1) is 10.6. The second-order valence-corrected chi connectivity index (χ2v) is 5.57. The monoisotopic (exact) mass is 298 g/mol. The first-order valence-electron chi connectivity index (χ1n) is 7.55. The normalized spacial score (nSPS) is 16.5. The number of hydrogen-bond acceptors (Lipinski definition) is 3. The van der Waals surface area contributed by atoms with E-state index < -0.39 is 0 Å². The summed E-state index contributed by atoms with van der Waals surface area (Å²) < 4.78 is 5.09. The molecule has 1 atom stereocenters. The van der Waals surface area contributed by atoms with Crippen LogP contribution in [0.1, 0.15) is 36.8 Å². The van der Waals surface area contributed by atoms with Crippen molar-refractivity contribution in [1.82, 2.24) is 0 Å². The topological polar surface area (TPSA) is 46.5 Å². The molecule has 0 saturated carbocycles. The lowest BCUT2D eigenvalue weighted by Crippen LogP contribution is -2.07. The highest BCUT2D eigenvalue weighted by Gasteiger charge is 2.13. The van der Waals surface area contributed by atoms with Crippen molar-refractivity contribution in [1.29, 1.82) is 0 Å². The van der Waals surface area contributed by atoms with Crippen LogP contribution in [0, 0.1) is 0 Å². The third kappa shape index (κ3) is 4.35. The molecule has 0 aliphatic heterocycles. The summed E-state index contributed by atoms with van der Waals surface area (Å²) in [5.74, 6) is 0.221. The fourth-order valence-electron chi connectivity index (χ4n) is 2.43. The van der Waals surface area contributed by atoms with Crippen molar-refractivity contribution < 1.29 is 14.6 Å². The molecule has 1 unspecified atom stereocenters. The van der Waals surface area contributed by atoms with Gasteiger partial charge in [-0.2, -0.15) is 0 Å². The van der Waals surface area contributed by atoms with E-state index in [0.29, 0.717) is 17.9 Å². The maximum absolute atomic E-state index is 11.3. The Labute approximate surface area is 131 Å². The average Bonchev–Trinajstić information content (AvgIpc) is 2.53. The van der Waals surface area contributed by atoms with Crippen LogP contribution in [0.2, 0.25) is 0 Å². The zero-order valence-corrected chi connectivity index (χ0v) is 12.9. The SMILES string of the molecule is C=C(C)C(=O)OCCCc1ccc(O)c(C2C=CC=CC2)c1. The van der Waals surface area contributed by atoms with Crippen LogP contribution in [0.15, 0.2) is 54.7 Å². The van der Waals surface area contributed by atoms with Crippen molar-refractivity contribution in [3.05, 3.63) is 65.8 Å². The van der Waals surface area contributed by atoms with Crippen molar-refractivity contribution in [2.24, 2.45) is 0 Å². The van der Waals surface area contributed by atoms with E-state index in [9.17, 15) is 9.90 Å². The Morgan fingerprint density at radius 2 is 2.23 bits per heavy atom. The summed E-state index contributed by atoms with van der Waals surface area (Å²) in [4.78, 5) is 11.3. The van der Waals surface area contributed by atoms with Gasteiger partial charge in [0.2, 0.25) is 0 Å². The van der Waals surface area contributed by atoms with E-state index in [0.717, 1.165) is 30.4 Å². The highest BCUT2D eigenvalue weighted by atomic mass is 16.5. The second kappa shape index (κ2) is 7.64. The zero-order valence-electron chi connectivity index (χ0n) is 12.9. The number of phenolic OH excluding ortho intramolecular Hbond substituents is 1. The number of ether oxygens (including phenoxy) is 1. The molecule has 0 saturated heterocycles. The van der Waals surface area contributed by atoms with Gasteiger partial charge in [-0.15, -0.1) is 0 Å². The fraction of sp³-hybridized carbons (Fsp3) is 0.316. The van der Waals surface area contributed by atoms with Gasteiger partial charge in [0.1, 0.15) is 5.75 Å². The molecule has 116 valence electrons. The van der Waals surface area contributed by atoms with Crippen LogP contribution >= 0.6 is 0 Å². The molecule has 2 rings (SSSR count). The Morgan fingerprint density at radius 3 is 2.91 bits per heavy atom. The van der Waals surface area contributed by atoms with Crippen molar-refractivity contribution >= 4 is 5.97 Å². The summed E-state index contributed by atoms with van der Waals surface area (Å²) in [6.45, 7) is 5.57. The molecule has 0 aromatic heterocycles. The third-order valence-electron chi connectivity index (χ3n) is 3.66. The number of carbonyl (C=O) groups excluding carboxylic acids is 1. The molecule has 0 amide bonds. The van der Waals surface area contributed by atoms with E-state index in [2.05, 4.69) is 18.7 Å². The molecular formula is C19H22O3. The minimum Gasteiger partial charge on any atom is -0.508 e. The number of esters is 1. The summed E-state index contributed by atoms with van der Waals surface area (Å²) in [5.41, 5.74) is 2.52. The summed E-state index contributed by atoms with van der Waals surface area (Å²) >= 11 is 0. The molecule has 0 heterocycles. The molecule has 0 bridgehead atoms. The quantitative estimate of drug-likeness (QED) is 0.490. The molecule has 1 aliphatic carbocycles. The van der Waals surface area contributed by atoms with Gasteiger partial charge in [-0.3, -0.25) is 0 Å². The Morgan fingerprint density at radius 1 is 1.41 bits per heavy atom. The maximum atomic E-state index is 11.3. The molecule has 3 heteroatoms. The van der Waals surface area contributed by atoms with Crippen LogP contribution in [0.5, 0.6) is 5.75 Å². The standard InChI is InChI=1S/C19H22O3/c1-14(2)19(21)22-12-6-7-15-10-11-18(20)17(13-15)16-8-4-3-5-9-16/h3-5,8,10-11,13,16,20H,1,6-7,9,12H2,2H3. The van der Waals surface area contributed by atoms with Crippen LogP contribution < -0.4 is 0 Å². The van der Waals surface area contributed by atoms with Gasteiger partial charge in [-0.25, -0.2) is 4.79 Å². The van der Waals surface area contributed by atoms with E-state index in [4.69, 9.17) is 4.74 Å². The lowest BCUT2D eigenvalue weighted by atomic mass is 9.90. The number of phenols is 1. The number of allylic oxidation sites excluding steroid dienone is 4. The van der Waals surface area contributed by atoms with Gasteiger partial charge in [-0.05, 0) is 37.8 Å². The van der Waals surface area contributed by atoms with Crippen molar-refractivity contribution in [2.45, 2.75) is 32.1 Å². The smallest absolute Gasteiger partial charge is 0.333 e. The summed E-state index contributed by atoms with van der Waals surface area (Å²) in [5, 5.41) is 10.1. The second-order valence-electron chi connectivity index (χ2n) is 5.57. The molecule has 0 radical (unpaired) electrons. The van der Waals surface area contributed by atoms with E-state index in [1.54, 1.807) is 13.0 Å². The van der Waals surface area contributed by atoms with Crippen molar-refractivity contribution in [2.75, 3.05) is 6.61 Å². The van der Waals surface area contributed by atoms with Gasteiger partial charge < -0.3 is 9.84 Å². The summed E-state index contributed by atoms with van der Waals surface area (Å²) in [6.07, 6.45) is 10.7. The first kappa shape index (κ1) is 16.1. The van der Waals surface area contributed by atoms with Gasteiger partial charge in [0, 0.05) is 17.1 Å². The maximum Gasteiger partial charge on any atom is 0.333 e. The fourth-order valence-corrected chi connectivity index (χ4v) is 2.43. The van der Waals surface area contributed by atoms with E-state index >= 15 is 0 Å². The lowest BCUT2D eigenvalue weighted by Gasteiger charge is -2.16. The van der Waals surface area contributed by atoms with Gasteiger partial charge >= 0.3 is 5.97 Å². The molecule has 1 aliphatic rings. The third-order valence-corrected chi connectivity index (χ3v) is 3.66. The van der Waals surface area contributed by atoms with Crippen LogP contribution in [0.25, 0.3) is 0 Å². The molecule has 3 nitrogen and oxygen atoms in total. The number of hydrogen-bond donors (Lipinski definition) is 1. The highest BCUT2D eigenvalue weighted by molar-refractivity contribution is 5.86. The van der Waals surface area contributed by atoms with E-state index in [-0.39, 0.29) is 11.9 Å². The minimum atomic E-state index is -0.342. The Hall–Kier alpha value is -2.29. The predicted octanol–water partition coefficient (Wildman–Crippen LogP) is 4.04. The molecule has 0 fully saturated rings. The number of rotatable bonds is 6. The highest BCUT2D eigenvalue weighted by Crippen LogP contribution is 2.32. The Balaban J connectivity index is 1.92. The van der Waals surface area contributed by atoms with Crippen molar-refractivity contribution in [3.8, 4) is 5.75 Å². The molecule has 22 heavy (non-hydrogen) atoms. The Kier molecular flexibility index (Phi) is 5.59. The number of aryl methyl sites for hydroxylation is 1. The molecule has 1 aromatic carbocycles. The van der Waals surface area contributed by atoms with Gasteiger partial charge in [-0.1, -0.05) is 43.0 Å². The lowest BCUT2D eigenvalue weighted by molar-refractivity contribution is -0.139. The molecular weight excluding hydrogens is 276 g/mol. The Bertz CT molecular complexity index is 611. The van der Waals surface area contributed by atoms with E-state index in [1.165, 1.54) is 0 Å². The van der Waals surface area contributed by atoms with Crippen LogP contribution in [-0.4, -0.2) is 17.7 Å². The first-order valence-corrected chi connectivity index (χ1v) is 7.55. The predicted molar refractivity (Wildman–Crippen MR) is 87.8 cm³/mol. The summed E-state index contributed by atoms with van der Waals surface area (Å²) in [6, 6.07) is 5.71. The van der Waals surface area contributed by atoms with Crippen LogP contribution in [-0.2, 0) is 16.0 Å². The zero-order chi connectivity index (χ0) is 15.9. The molecule has 0 spiro atoms. The summed E-state index contributed by atoms with van der Waals surface area (Å²) in [7, 11) is 0. The average molecular weight is 298 g/mol.